The molecular weight excluding hydrogens is 145 g/mol. The zero-order valence-electron chi connectivity index (χ0n) is 6.52. The summed E-state index contributed by atoms with van der Waals surface area (Å²) in [6, 6.07) is 0.446. The number of hydrogen-bond acceptors (Lipinski definition) is 2. The van der Waals surface area contributed by atoms with E-state index in [9.17, 15) is 4.39 Å². The van der Waals surface area contributed by atoms with Gasteiger partial charge in [0.15, 0.2) is 0 Å². The number of fused-ring (bicyclic) bond motifs is 2. The molecule has 0 aromatic heterocycles. The fourth-order valence-electron chi connectivity index (χ4n) is 2.23. The van der Waals surface area contributed by atoms with E-state index in [1.807, 2.05) is 0 Å². The first-order valence-electron chi connectivity index (χ1n) is 4.30. The Labute approximate surface area is 65.8 Å². The molecule has 64 valence electrons. The molecule has 0 aromatic rings. The molecule has 2 fully saturated rings. The summed E-state index contributed by atoms with van der Waals surface area (Å²) in [5.41, 5.74) is -1.33. The Morgan fingerprint density at radius 2 is 2.27 bits per heavy atom. The lowest BCUT2D eigenvalue weighted by atomic mass is 9.90. The highest BCUT2D eigenvalue weighted by Gasteiger charge is 2.46. The van der Waals surface area contributed by atoms with E-state index >= 15 is 0 Å². The number of aliphatic hydroxyl groups is 1. The maximum Gasteiger partial charge on any atom is 0.149 e. The molecule has 3 unspecified atom stereocenters. The minimum absolute atomic E-state index is 0.0775. The van der Waals surface area contributed by atoms with Gasteiger partial charge in [0.25, 0.3) is 0 Å². The Balaban J connectivity index is 2.12. The zero-order valence-corrected chi connectivity index (χ0v) is 6.52. The van der Waals surface area contributed by atoms with Crippen molar-refractivity contribution in [1.82, 2.24) is 5.32 Å². The molecule has 2 aliphatic rings. The highest BCUT2D eigenvalue weighted by Crippen LogP contribution is 2.36. The van der Waals surface area contributed by atoms with Crippen molar-refractivity contribution >= 4 is 0 Å². The van der Waals surface area contributed by atoms with Crippen LogP contribution in [0.4, 0.5) is 4.39 Å². The summed E-state index contributed by atoms with van der Waals surface area (Å²) in [7, 11) is 0. The van der Waals surface area contributed by atoms with Crippen LogP contribution in [-0.2, 0) is 0 Å². The van der Waals surface area contributed by atoms with Gasteiger partial charge in [-0.25, -0.2) is 4.39 Å². The van der Waals surface area contributed by atoms with E-state index in [1.165, 1.54) is 0 Å². The molecule has 0 saturated carbocycles. The lowest BCUT2D eigenvalue weighted by molar-refractivity contribution is 0.0152. The molecule has 11 heavy (non-hydrogen) atoms. The summed E-state index contributed by atoms with van der Waals surface area (Å²) in [5, 5.41) is 12.1. The van der Waals surface area contributed by atoms with E-state index in [2.05, 4.69) is 5.32 Å². The van der Waals surface area contributed by atoms with E-state index in [-0.39, 0.29) is 12.6 Å². The van der Waals surface area contributed by atoms with E-state index in [0.29, 0.717) is 12.5 Å². The van der Waals surface area contributed by atoms with Crippen LogP contribution in [0.2, 0.25) is 0 Å². The molecule has 0 radical (unpaired) electrons. The van der Waals surface area contributed by atoms with Crippen LogP contribution in [0.1, 0.15) is 25.7 Å². The Hall–Kier alpha value is -0.150. The lowest BCUT2D eigenvalue weighted by Gasteiger charge is -2.34. The van der Waals surface area contributed by atoms with Gasteiger partial charge in [0.1, 0.15) is 5.67 Å². The predicted octanol–water partition coefficient (Wildman–Crippen LogP) is 0.601. The molecule has 3 atom stereocenters. The summed E-state index contributed by atoms with van der Waals surface area (Å²) in [5.74, 6) is 0. The van der Waals surface area contributed by atoms with Gasteiger partial charge < -0.3 is 10.4 Å². The van der Waals surface area contributed by atoms with Gasteiger partial charge in [0, 0.05) is 12.1 Å². The largest absolute Gasteiger partial charge is 0.393 e. The second-order valence-electron chi connectivity index (χ2n) is 3.72. The number of hydrogen-bond donors (Lipinski definition) is 2. The van der Waals surface area contributed by atoms with E-state index in [4.69, 9.17) is 5.11 Å². The fourth-order valence-corrected chi connectivity index (χ4v) is 2.23. The van der Waals surface area contributed by atoms with Crippen LogP contribution < -0.4 is 5.32 Å². The second kappa shape index (κ2) is 2.42. The molecule has 2 heterocycles. The summed E-state index contributed by atoms with van der Waals surface area (Å²) in [6.07, 6.45) is 3.39. The third-order valence-corrected chi connectivity index (χ3v) is 3.04. The molecule has 2 aliphatic heterocycles. The van der Waals surface area contributed by atoms with Gasteiger partial charge in [-0.05, 0) is 25.7 Å². The van der Waals surface area contributed by atoms with Crippen molar-refractivity contribution in [3.63, 3.8) is 0 Å². The normalized spacial score (nSPS) is 49.6. The predicted molar refractivity (Wildman–Crippen MR) is 40.1 cm³/mol. The van der Waals surface area contributed by atoms with Crippen LogP contribution in [0, 0.1) is 0 Å². The van der Waals surface area contributed by atoms with Crippen LogP contribution in [0.15, 0.2) is 0 Å². The van der Waals surface area contributed by atoms with Gasteiger partial charge in [-0.3, -0.25) is 0 Å². The molecule has 2 N–H and O–H groups in total. The average molecular weight is 159 g/mol. The lowest BCUT2D eigenvalue weighted by Crippen LogP contribution is -2.52. The Kier molecular flexibility index (Phi) is 1.65. The monoisotopic (exact) mass is 159 g/mol. The topological polar surface area (TPSA) is 32.3 Å². The summed E-state index contributed by atoms with van der Waals surface area (Å²) >= 11 is 0. The molecule has 2 rings (SSSR count). The Morgan fingerprint density at radius 1 is 1.45 bits per heavy atom. The summed E-state index contributed by atoms with van der Waals surface area (Å²) in [4.78, 5) is 0. The van der Waals surface area contributed by atoms with Gasteiger partial charge in [-0.15, -0.1) is 0 Å². The third kappa shape index (κ3) is 1.07. The molecule has 2 bridgehead atoms. The zero-order chi connectivity index (χ0) is 7.90. The molecular formula is C8H14FNO. The number of halogens is 1. The van der Waals surface area contributed by atoms with E-state index < -0.39 is 5.67 Å². The highest BCUT2D eigenvalue weighted by atomic mass is 19.1. The van der Waals surface area contributed by atoms with Crippen molar-refractivity contribution in [2.24, 2.45) is 0 Å². The molecule has 0 aliphatic carbocycles. The van der Waals surface area contributed by atoms with E-state index in [1.54, 1.807) is 0 Å². The molecule has 2 saturated heterocycles. The van der Waals surface area contributed by atoms with Crippen molar-refractivity contribution in [2.45, 2.75) is 43.4 Å². The smallest absolute Gasteiger partial charge is 0.149 e. The molecule has 0 aromatic carbocycles. The SMILES string of the molecule is OCC1(F)CCC2CCC1N2. The second-order valence-corrected chi connectivity index (χ2v) is 3.72. The van der Waals surface area contributed by atoms with Crippen molar-refractivity contribution in [3.8, 4) is 0 Å². The maximum absolute atomic E-state index is 13.7. The van der Waals surface area contributed by atoms with Crippen molar-refractivity contribution < 1.29 is 9.50 Å². The van der Waals surface area contributed by atoms with Gasteiger partial charge >= 0.3 is 0 Å². The van der Waals surface area contributed by atoms with Gasteiger partial charge in [0.2, 0.25) is 0 Å². The minimum Gasteiger partial charge on any atom is -0.393 e. The maximum atomic E-state index is 13.7. The molecule has 3 heteroatoms. The first-order chi connectivity index (χ1) is 5.24. The summed E-state index contributed by atoms with van der Waals surface area (Å²) < 4.78 is 13.7. The molecule has 2 nitrogen and oxygen atoms in total. The minimum atomic E-state index is -1.33. The van der Waals surface area contributed by atoms with Crippen molar-refractivity contribution in [1.29, 1.82) is 0 Å². The van der Waals surface area contributed by atoms with Crippen LogP contribution in [-0.4, -0.2) is 29.5 Å². The van der Waals surface area contributed by atoms with E-state index in [0.717, 1.165) is 19.3 Å². The van der Waals surface area contributed by atoms with Gasteiger partial charge in [-0.1, -0.05) is 0 Å². The number of aliphatic hydroxyl groups excluding tert-OH is 1. The van der Waals surface area contributed by atoms with Gasteiger partial charge in [0.05, 0.1) is 6.61 Å². The van der Waals surface area contributed by atoms with Crippen LogP contribution in [0.25, 0.3) is 0 Å². The first-order valence-corrected chi connectivity index (χ1v) is 4.30. The molecule has 0 amide bonds. The number of nitrogens with one attached hydrogen (secondary N) is 1. The van der Waals surface area contributed by atoms with Crippen LogP contribution in [0.3, 0.4) is 0 Å². The van der Waals surface area contributed by atoms with Gasteiger partial charge in [-0.2, -0.15) is 0 Å². The summed E-state index contributed by atoms with van der Waals surface area (Å²) in [6.45, 7) is -0.322. The standard InChI is InChI=1S/C8H14FNO/c9-8(5-11)4-3-6-1-2-7(8)10-6/h6-7,10-11H,1-5H2. The third-order valence-electron chi connectivity index (χ3n) is 3.04. The number of rotatable bonds is 1. The van der Waals surface area contributed by atoms with Crippen molar-refractivity contribution in [3.05, 3.63) is 0 Å². The fraction of sp³-hybridized carbons (Fsp3) is 1.00. The number of alkyl halides is 1. The van der Waals surface area contributed by atoms with Crippen LogP contribution in [0.5, 0.6) is 0 Å². The quantitative estimate of drug-likeness (QED) is 0.587. The van der Waals surface area contributed by atoms with Crippen molar-refractivity contribution in [2.75, 3.05) is 6.61 Å². The van der Waals surface area contributed by atoms with Crippen LogP contribution >= 0.6 is 0 Å². The average Bonchev–Trinajstić information content (AvgIpc) is 2.44. The Morgan fingerprint density at radius 3 is 3.00 bits per heavy atom. The highest BCUT2D eigenvalue weighted by molar-refractivity contribution is 5.03. The molecule has 0 spiro atoms. The number of piperidine rings is 1. The first kappa shape index (κ1) is 7.50. The Bertz CT molecular complexity index is 164.